The largest absolute Gasteiger partial charge is 0.478 e. The van der Waals surface area contributed by atoms with Gasteiger partial charge in [-0.3, -0.25) is 5.10 Å². The zero-order chi connectivity index (χ0) is 13.0. The number of aromatic amines is 1. The number of anilines is 1. The van der Waals surface area contributed by atoms with E-state index in [1.165, 1.54) is 5.56 Å². The van der Waals surface area contributed by atoms with Crippen molar-refractivity contribution in [1.29, 1.82) is 0 Å². The number of aromatic nitrogens is 3. The molecule has 0 saturated carbocycles. The van der Waals surface area contributed by atoms with E-state index < -0.39 is 0 Å². The summed E-state index contributed by atoms with van der Waals surface area (Å²) < 4.78 is 5.30. The Balaban J connectivity index is 1.98. The molecule has 0 bridgehead atoms. The Morgan fingerprint density at radius 1 is 1.33 bits per heavy atom. The number of pyridine rings is 1. The molecule has 0 amide bonds. The third kappa shape index (κ3) is 2.80. The molecule has 2 aromatic heterocycles. The Morgan fingerprint density at radius 3 is 2.72 bits per heavy atom. The summed E-state index contributed by atoms with van der Waals surface area (Å²) in [7, 11) is 0. The van der Waals surface area contributed by atoms with Gasteiger partial charge in [0.15, 0.2) is 0 Å². The zero-order valence-electron chi connectivity index (χ0n) is 10.9. The van der Waals surface area contributed by atoms with Gasteiger partial charge in [-0.15, -0.1) is 0 Å². The van der Waals surface area contributed by atoms with Crippen LogP contribution in [-0.4, -0.2) is 21.8 Å². The van der Waals surface area contributed by atoms with Crippen LogP contribution in [0, 0.1) is 13.8 Å². The summed E-state index contributed by atoms with van der Waals surface area (Å²) in [6.07, 6.45) is 1.77. The quantitative estimate of drug-likeness (QED) is 0.850. The number of rotatable bonds is 5. The highest BCUT2D eigenvalue weighted by Crippen LogP contribution is 2.15. The molecule has 2 N–H and O–H groups in total. The van der Waals surface area contributed by atoms with Crippen molar-refractivity contribution in [3.63, 3.8) is 0 Å². The molecular formula is C13H18N4O. The second kappa shape index (κ2) is 5.53. The molecule has 0 atom stereocenters. The van der Waals surface area contributed by atoms with Crippen LogP contribution < -0.4 is 10.1 Å². The summed E-state index contributed by atoms with van der Waals surface area (Å²) in [4.78, 5) is 4.21. The Hall–Kier alpha value is -2.04. The van der Waals surface area contributed by atoms with E-state index in [0.29, 0.717) is 12.5 Å². The van der Waals surface area contributed by atoms with E-state index in [4.69, 9.17) is 4.74 Å². The van der Waals surface area contributed by atoms with Crippen LogP contribution in [0.2, 0.25) is 0 Å². The second-order valence-corrected chi connectivity index (χ2v) is 4.08. The molecule has 0 aromatic carbocycles. The molecule has 0 aliphatic heterocycles. The maximum atomic E-state index is 5.30. The van der Waals surface area contributed by atoms with Crippen LogP contribution in [0.5, 0.6) is 5.88 Å². The Kier molecular flexibility index (Phi) is 3.82. The summed E-state index contributed by atoms with van der Waals surface area (Å²) in [5.41, 5.74) is 4.29. The predicted molar refractivity (Wildman–Crippen MR) is 70.8 cm³/mol. The van der Waals surface area contributed by atoms with Crippen LogP contribution >= 0.6 is 0 Å². The first-order chi connectivity index (χ1) is 8.70. The van der Waals surface area contributed by atoms with Crippen molar-refractivity contribution in [2.24, 2.45) is 0 Å². The van der Waals surface area contributed by atoms with Crippen molar-refractivity contribution >= 4 is 5.69 Å². The minimum Gasteiger partial charge on any atom is -0.478 e. The molecule has 0 radical (unpaired) electrons. The maximum Gasteiger partial charge on any atom is 0.213 e. The topological polar surface area (TPSA) is 62.8 Å². The molecular weight excluding hydrogens is 228 g/mol. The Bertz CT molecular complexity index is 485. The van der Waals surface area contributed by atoms with Gasteiger partial charge in [-0.25, -0.2) is 4.98 Å². The number of ether oxygens (including phenoxy) is 1. The molecule has 2 aromatic rings. The van der Waals surface area contributed by atoms with E-state index in [1.54, 1.807) is 6.20 Å². The number of H-pyrrole nitrogens is 1. The monoisotopic (exact) mass is 246 g/mol. The van der Waals surface area contributed by atoms with Crippen LogP contribution in [0.4, 0.5) is 5.69 Å². The Labute approximate surface area is 107 Å². The van der Waals surface area contributed by atoms with Gasteiger partial charge in [-0.1, -0.05) is 0 Å². The summed E-state index contributed by atoms with van der Waals surface area (Å²) in [6, 6.07) is 3.82. The van der Waals surface area contributed by atoms with Crippen LogP contribution in [0.1, 0.15) is 23.9 Å². The first-order valence-corrected chi connectivity index (χ1v) is 6.04. The molecule has 0 aliphatic rings. The maximum absolute atomic E-state index is 5.30. The van der Waals surface area contributed by atoms with Crippen molar-refractivity contribution in [3.05, 3.63) is 35.3 Å². The fraction of sp³-hybridized carbons (Fsp3) is 0.385. The lowest BCUT2D eigenvalue weighted by Crippen LogP contribution is -2.02. The summed E-state index contributed by atoms with van der Waals surface area (Å²) in [5.74, 6) is 0.652. The van der Waals surface area contributed by atoms with E-state index in [9.17, 15) is 0 Å². The van der Waals surface area contributed by atoms with Gasteiger partial charge < -0.3 is 10.1 Å². The lowest BCUT2D eigenvalue weighted by molar-refractivity contribution is 0.327. The molecule has 5 heteroatoms. The molecule has 0 saturated heterocycles. The molecule has 96 valence electrons. The van der Waals surface area contributed by atoms with Crippen molar-refractivity contribution in [2.45, 2.75) is 27.3 Å². The lowest BCUT2D eigenvalue weighted by atomic mass is 10.2. The van der Waals surface area contributed by atoms with Crippen molar-refractivity contribution in [1.82, 2.24) is 15.2 Å². The van der Waals surface area contributed by atoms with E-state index in [1.807, 2.05) is 32.9 Å². The average Bonchev–Trinajstić information content (AvgIpc) is 2.69. The van der Waals surface area contributed by atoms with E-state index >= 15 is 0 Å². The smallest absolute Gasteiger partial charge is 0.213 e. The second-order valence-electron chi connectivity index (χ2n) is 4.08. The van der Waals surface area contributed by atoms with Crippen LogP contribution in [0.25, 0.3) is 0 Å². The zero-order valence-corrected chi connectivity index (χ0v) is 10.9. The third-order valence-electron chi connectivity index (χ3n) is 2.78. The van der Waals surface area contributed by atoms with E-state index in [2.05, 4.69) is 20.5 Å². The van der Waals surface area contributed by atoms with Gasteiger partial charge in [-0.05, 0) is 26.8 Å². The molecule has 0 spiro atoms. The first kappa shape index (κ1) is 12.4. The van der Waals surface area contributed by atoms with Gasteiger partial charge in [0, 0.05) is 23.9 Å². The Morgan fingerprint density at radius 2 is 2.17 bits per heavy atom. The molecule has 2 rings (SSSR count). The summed E-state index contributed by atoms with van der Waals surface area (Å²) in [6.45, 7) is 7.33. The highest BCUT2D eigenvalue weighted by Gasteiger charge is 2.05. The van der Waals surface area contributed by atoms with Gasteiger partial charge in [-0.2, -0.15) is 5.10 Å². The standard InChI is InChI=1S/C13H18N4O/c1-4-18-13-6-5-11(7-15-13)14-8-12-9(2)16-17-10(12)3/h5-7,14H,4,8H2,1-3H3,(H,16,17). The molecule has 5 nitrogen and oxygen atoms in total. The van der Waals surface area contributed by atoms with Crippen LogP contribution in [-0.2, 0) is 6.54 Å². The highest BCUT2D eigenvalue weighted by molar-refractivity contribution is 5.43. The number of hydrogen-bond donors (Lipinski definition) is 2. The predicted octanol–water partition coefficient (Wildman–Crippen LogP) is 2.43. The molecule has 2 heterocycles. The third-order valence-corrected chi connectivity index (χ3v) is 2.78. The SMILES string of the molecule is CCOc1ccc(NCc2c(C)n[nH]c2C)cn1. The van der Waals surface area contributed by atoms with Gasteiger partial charge in [0.1, 0.15) is 0 Å². The number of aryl methyl sites for hydroxylation is 2. The van der Waals surface area contributed by atoms with Gasteiger partial charge in [0.25, 0.3) is 0 Å². The van der Waals surface area contributed by atoms with Crippen LogP contribution in [0.3, 0.4) is 0 Å². The summed E-state index contributed by atoms with van der Waals surface area (Å²) >= 11 is 0. The molecule has 18 heavy (non-hydrogen) atoms. The van der Waals surface area contributed by atoms with Gasteiger partial charge in [0.2, 0.25) is 5.88 Å². The first-order valence-electron chi connectivity index (χ1n) is 6.04. The fourth-order valence-corrected chi connectivity index (χ4v) is 1.74. The van der Waals surface area contributed by atoms with E-state index in [-0.39, 0.29) is 0 Å². The summed E-state index contributed by atoms with van der Waals surface area (Å²) in [5, 5.41) is 10.5. The number of nitrogens with one attached hydrogen (secondary N) is 2. The minimum absolute atomic E-state index is 0.632. The number of hydrogen-bond acceptors (Lipinski definition) is 4. The van der Waals surface area contributed by atoms with Crippen molar-refractivity contribution < 1.29 is 4.74 Å². The minimum atomic E-state index is 0.632. The van der Waals surface area contributed by atoms with Crippen molar-refractivity contribution in [3.8, 4) is 5.88 Å². The molecule has 0 aliphatic carbocycles. The molecule has 0 unspecified atom stereocenters. The van der Waals surface area contributed by atoms with E-state index in [0.717, 1.165) is 23.6 Å². The highest BCUT2D eigenvalue weighted by atomic mass is 16.5. The lowest BCUT2D eigenvalue weighted by Gasteiger charge is -2.07. The van der Waals surface area contributed by atoms with Gasteiger partial charge >= 0.3 is 0 Å². The van der Waals surface area contributed by atoms with Crippen LogP contribution in [0.15, 0.2) is 18.3 Å². The number of nitrogens with zero attached hydrogens (tertiary/aromatic N) is 2. The van der Waals surface area contributed by atoms with Gasteiger partial charge in [0.05, 0.1) is 24.2 Å². The molecule has 0 fully saturated rings. The van der Waals surface area contributed by atoms with Crippen molar-refractivity contribution in [2.75, 3.05) is 11.9 Å². The average molecular weight is 246 g/mol. The fourth-order valence-electron chi connectivity index (χ4n) is 1.74. The normalized spacial score (nSPS) is 10.4.